The highest BCUT2D eigenvalue weighted by Gasteiger charge is 2.40. The molecular weight excluding hydrogens is 196 g/mol. The van der Waals surface area contributed by atoms with Gasteiger partial charge in [-0.1, -0.05) is 6.92 Å². The molecule has 0 spiro atoms. The lowest BCUT2D eigenvalue weighted by Crippen LogP contribution is -2.56. The Labute approximate surface area is 101 Å². The van der Waals surface area contributed by atoms with Crippen LogP contribution in [0, 0.1) is 0 Å². The molecule has 2 heteroatoms. The molecule has 1 aliphatic carbocycles. The van der Waals surface area contributed by atoms with Gasteiger partial charge in [0.2, 0.25) is 0 Å². The summed E-state index contributed by atoms with van der Waals surface area (Å²) in [6, 6.07) is 1.37. The molecule has 2 atom stereocenters. The number of hydrogen-bond donors (Lipinski definition) is 1. The molecule has 2 unspecified atom stereocenters. The van der Waals surface area contributed by atoms with Crippen LogP contribution in [0.3, 0.4) is 0 Å². The van der Waals surface area contributed by atoms with E-state index in [2.05, 4.69) is 31.0 Å². The van der Waals surface area contributed by atoms with Gasteiger partial charge in [-0.25, -0.2) is 0 Å². The van der Waals surface area contributed by atoms with Gasteiger partial charge in [-0.3, -0.25) is 4.90 Å². The number of nitrogens with one attached hydrogen (secondary N) is 1. The van der Waals surface area contributed by atoms with Gasteiger partial charge in [0.25, 0.3) is 0 Å². The van der Waals surface area contributed by atoms with Crippen molar-refractivity contribution >= 4 is 0 Å². The summed E-state index contributed by atoms with van der Waals surface area (Å²) in [5.74, 6) is 0. The van der Waals surface area contributed by atoms with Crippen molar-refractivity contribution in [3.05, 3.63) is 0 Å². The van der Waals surface area contributed by atoms with E-state index in [1.54, 1.807) is 0 Å². The van der Waals surface area contributed by atoms with E-state index in [1.807, 2.05) is 0 Å². The predicted molar refractivity (Wildman–Crippen MR) is 69.7 cm³/mol. The minimum atomic E-state index is 0.594. The minimum absolute atomic E-state index is 0.594. The van der Waals surface area contributed by atoms with Crippen LogP contribution >= 0.6 is 0 Å². The molecule has 0 aromatic carbocycles. The molecule has 0 radical (unpaired) electrons. The third kappa shape index (κ3) is 2.43. The van der Waals surface area contributed by atoms with E-state index in [0.717, 1.165) is 0 Å². The van der Waals surface area contributed by atoms with Crippen LogP contribution in [0.25, 0.3) is 0 Å². The Bertz CT molecular complexity index is 205. The quantitative estimate of drug-likeness (QED) is 0.776. The Kier molecular flexibility index (Phi) is 3.91. The van der Waals surface area contributed by atoms with Gasteiger partial charge < -0.3 is 5.32 Å². The molecule has 0 amide bonds. The summed E-state index contributed by atoms with van der Waals surface area (Å²) in [7, 11) is 0. The molecule has 2 rings (SSSR count). The van der Waals surface area contributed by atoms with Gasteiger partial charge in [0.1, 0.15) is 0 Å². The second-order valence-electron chi connectivity index (χ2n) is 5.96. The van der Waals surface area contributed by atoms with E-state index < -0.39 is 0 Å². The van der Waals surface area contributed by atoms with Gasteiger partial charge in [0.05, 0.1) is 0 Å². The molecule has 2 aliphatic rings. The van der Waals surface area contributed by atoms with E-state index in [-0.39, 0.29) is 0 Å². The molecule has 1 heterocycles. The van der Waals surface area contributed by atoms with Gasteiger partial charge in [0, 0.05) is 30.7 Å². The summed E-state index contributed by atoms with van der Waals surface area (Å²) in [5, 5.41) is 3.68. The minimum Gasteiger partial charge on any atom is -0.312 e. The average molecular weight is 224 g/mol. The SMILES string of the molecule is CCC1(N2CCC(C)NC(C)CC2)CCC1. The maximum Gasteiger partial charge on any atom is 0.0207 e. The molecule has 1 aliphatic heterocycles. The maximum absolute atomic E-state index is 3.68. The Balaban J connectivity index is 1.97. The van der Waals surface area contributed by atoms with E-state index in [1.165, 1.54) is 51.6 Å². The lowest BCUT2D eigenvalue weighted by Gasteiger charge is -2.51. The van der Waals surface area contributed by atoms with Crippen molar-refractivity contribution in [2.45, 2.75) is 76.9 Å². The zero-order valence-electron chi connectivity index (χ0n) is 11.3. The van der Waals surface area contributed by atoms with Crippen molar-refractivity contribution in [3.8, 4) is 0 Å². The molecule has 0 bridgehead atoms. The van der Waals surface area contributed by atoms with Gasteiger partial charge >= 0.3 is 0 Å². The molecule has 1 saturated carbocycles. The average Bonchev–Trinajstić information content (AvgIpc) is 2.17. The van der Waals surface area contributed by atoms with E-state index in [4.69, 9.17) is 0 Å². The largest absolute Gasteiger partial charge is 0.312 e. The lowest BCUT2D eigenvalue weighted by molar-refractivity contribution is 0.00256. The Morgan fingerprint density at radius 1 is 1.12 bits per heavy atom. The standard InChI is InChI=1S/C14H28N2/c1-4-14(8-5-9-14)16-10-6-12(2)15-13(3)7-11-16/h12-13,15H,4-11H2,1-3H3. The number of nitrogens with zero attached hydrogens (tertiary/aromatic N) is 1. The Hall–Kier alpha value is -0.0800. The molecule has 1 saturated heterocycles. The van der Waals surface area contributed by atoms with Crippen LogP contribution in [0.15, 0.2) is 0 Å². The third-order valence-electron chi connectivity index (χ3n) is 4.85. The fourth-order valence-electron chi connectivity index (χ4n) is 3.42. The maximum atomic E-state index is 3.68. The second kappa shape index (κ2) is 5.05. The summed E-state index contributed by atoms with van der Waals surface area (Å²) in [5.41, 5.74) is 0.594. The fraction of sp³-hybridized carbons (Fsp3) is 1.00. The van der Waals surface area contributed by atoms with Crippen LogP contribution in [-0.2, 0) is 0 Å². The first kappa shape index (κ1) is 12.4. The first-order valence-corrected chi connectivity index (χ1v) is 7.17. The molecule has 1 N–H and O–H groups in total. The van der Waals surface area contributed by atoms with E-state index in [0.29, 0.717) is 17.6 Å². The third-order valence-corrected chi connectivity index (χ3v) is 4.85. The molecule has 16 heavy (non-hydrogen) atoms. The monoisotopic (exact) mass is 224 g/mol. The lowest BCUT2D eigenvalue weighted by atomic mass is 9.73. The molecular formula is C14H28N2. The van der Waals surface area contributed by atoms with E-state index in [9.17, 15) is 0 Å². The number of rotatable bonds is 2. The molecule has 2 fully saturated rings. The first-order valence-electron chi connectivity index (χ1n) is 7.17. The zero-order valence-corrected chi connectivity index (χ0v) is 11.3. The Morgan fingerprint density at radius 2 is 1.69 bits per heavy atom. The molecule has 0 aromatic rings. The van der Waals surface area contributed by atoms with Crippen molar-refractivity contribution in [3.63, 3.8) is 0 Å². The highest BCUT2D eigenvalue weighted by atomic mass is 15.2. The zero-order chi connectivity index (χ0) is 11.6. The molecule has 94 valence electrons. The van der Waals surface area contributed by atoms with Crippen LogP contribution in [0.5, 0.6) is 0 Å². The van der Waals surface area contributed by atoms with Crippen LogP contribution in [0.2, 0.25) is 0 Å². The fourth-order valence-corrected chi connectivity index (χ4v) is 3.42. The smallest absolute Gasteiger partial charge is 0.0207 e. The van der Waals surface area contributed by atoms with Crippen LogP contribution in [0.4, 0.5) is 0 Å². The van der Waals surface area contributed by atoms with Crippen molar-refractivity contribution in [1.29, 1.82) is 0 Å². The van der Waals surface area contributed by atoms with Gasteiger partial charge in [-0.2, -0.15) is 0 Å². The summed E-state index contributed by atoms with van der Waals surface area (Å²) in [6.45, 7) is 9.64. The molecule has 0 aromatic heterocycles. The van der Waals surface area contributed by atoms with E-state index >= 15 is 0 Å². The molecule has 2 nitrogen and oxygen atoms in total. The first-order chi connectivity index (χ1) is 7.66. The normalized spacial score (nSPS) is 36.2. The van der Waals surface area contributed by atoms with Crippen molar-refractivity contribution in [2.75, 3.05) is 13.1 Å². The summed E-state index contributed by atoms with van der Waals surface area (Å²) in [4.78, 5) is 2.81. The van der Waals surface area contributed by atoms with Crippen molar-refractivity contribution in [1.82, 2.24) is 10.2 Å². The highest BCUT2D eigenvalue weighted by molar-refractivity contribution is 4.97. The number of hydrogen-bond acceptors (Lipinski definition) is 2. The van der Waals surface area contributed by atoms with Gasteiger partial charge in [0.15, 0.2) is 0 Å². The topological polar surface area (TPSA) is 15.3 Å². The van der Waals surface area contributed by atoms with Crippen LogP contribution in [-0.4, -0.2) is 35.6 Å². The summed E-state index contributed by atoms with van der Waals surface area (Å²) in [6.07, 6.45) is 8.31. The van der Waals surface area contributed by atoms with Crippen molar-refractivity contribution in [2.24, 2.45) is 0 Å². The summed E-state index contributed by atoms with van der Waals surface area (Å²) < 4.78 is 0. The summed E-state index contributed by atoms with van der Waals surface area (Å²) >= 11 is 0. The van der Waals surface area contributed by atoms with Gasteiger partial charge in [-0.15, -0.1) is 0 Å². The van der Waals surface area contributed by atoms with Crippen molar-refractivity contribution < 1.29 is 0 Å². The van der Waals surface area contributed by atoms with Gasteiger partial charge in [-0.05, 0) is 52.4 Å². The van der Waals surface area contributed by atoms with Crippen LogP contribution in [0.1, 0.15) is 59.3 Å². The highest BCUT2D eigenvalue weighted by Crippen LogP contribution is 2.40. The Morgan fingerprint density at radius 3 is 2.06 bits per heavy atom. The predicted octanol–water partition coefficient (Wildman–Crippen LogP) is 2.78. The van der Waals surface area contributed by atoms with Crippen LogP contribution < -0.4 is 5.32 Å². The second-order valence-corrected chi connectivity index (χ2v) is 5.96.